The predicted octanol–water partition coefficient (Wildman–Crippen LogP) is 4.69. The number of pyridine rings is 1. The fourth-order valence-electron chi connectivity index (χ4n) is 1.47. The van der Waals surface area contributed by atoms with Gasteiger partial charge in [-0.2, -0.15) is 9.97 Å². The molecule has 0 spiro atoms. The number of halogens is 1. The first-order chi connectivity index (χ1) is 11.6. The van der Waals surface area contributed by atoms with Gasteiger partial charge in [-0.05, 0) is 19.1 Å². The van der Waals surface area contributed by atoms with Crippen molar-refractivity contribution in [3.8, 4) is 0 Å². The Balaban J connectivity index is 0. The van der Waals surface area contributed by atoms with E-state index in [9.17, 15) is 0 Å². The molecule has 2 heterocycles. The molecule has 0 radical (unpaired) electrons. The van der Waals surface area contributed by atoms with Crippen LogP contribution in [-0.4, -0.2) is 15.0 Å². The molecular weight excluding hydrogens is 324 g/mol. The number of hydrogen-bond donors (Lipinski definition) is 3. The van der Waals surface area contributed by atoms with Crippen molar-refractivity contribution in [2.24, 2.45) is 0 Å². The van der Waals surface area contributed by atoms with Crippen molar-refractivity contribution in [1.82, 2.24) is 15.0 Å². The number of aryl methyl sites for hydroxylation is 1. The number of nitrogen functional groups attached to an aromatic ring is 2. The van der Waals surface area contributed by atoms with Gasteiger partial charge < -0.3 is 16.8 Å². The fraction of sp³-hybridized carbons (Fsp3) is 0.471. The van der Waals surface area contributed by atoms with Gasteiger partial charge in [0, 0.05) is 5.69 Å². The van der Waals surface area contributed by atoms with Crippen molar-refractivity contribution < 1.29 is 0 Å². The van der Waals surface area contributed by atoms with Gasteiger partial charge in [-0.15, -0.1) is 0 Å². The Bertz CT molecular complexity index is 575. The van der Waals surface area contributed by atoms with Crippen molar-refractivity contribution in [2.75, 3.05) is 16.8 Å². The molecule has 6 nitrogen and oxygen atoms in total. The second-order valence-corrected chi connectivity index (χ2v) is 4.12. The zero-order chi connectivity index (χ0) is 19.1. The summed E-state index contributed by atoms with van der Waals surface area (Å²) in [7, 11) is 0. The minimum absolute atomic E-state index is 0.0777. The van der Waals surface area contributed by atoms with E-state index in [1.165, 1.54) is 0 Å². The number of nitrogens with zero attached hydrogens (tertiary/aromatic N) is 3. The van der Waals surface area contributed by atoms with E-state index in [2.05, 4.69) is 20.3 Å². The first-order valence-electron chi connectivity index (χ1n) is 8.31. The third-order valence-electron chi connectivity index (χ3n) is 2.30. The van der Waals surface area contributed by atoms with E-state index in [1.54, 1.807) is 0 Å². The molecule has 24 heavy (non-hydrogen) atoms. The topological polar surface area (TPSA) is 103 Å². The average molecular weight is 355 g/mol. The Kier molecular flexibility index (Phi) is 14.6. The van der Waals surface area contributed by atoms with Gasteiger partial charge in [-0.25, -0.2) is 0 Å². The van der Waals surface area contributed by atoms with Gasteiger partial charge in [-0.3, -0.25) is 4.98 Å². The van der Waals surface area contributed by atoms with Gasteiger partial charge in [0.25, 0.3) is 0 Å². The molecule has 5 N–H and O–H groups in total. The summed E-state index contributed by atoms with van der Waals surface area (Å²) in [5.41, 5.74) is 13.4. The zero-order valence-electron chi connectivity index (χ0n) is 15.8. The molecule has 136 valence electrons. The third kappa shape index (κ3) is 8.53. The van der Waals surface area contributed by atoms with Crippen LogP contribution in [0.5, 0.6) is 0 Å². The highest BCUT2D eigenvalue weighted by atomic mass is 35.5. The minimum atomic E-state index is 0.0777. The van der Waals surface area contributed by atoms with Crippen LogP contribution in [0.3, 0.4) is 0 Å². The van der Waals surface area contributed by atoms with Crippen LogP contribution in [0.1, 0.15) is 52.9 Å². The highest BCUT2D eigenvalue weighted by molar-refractivity contribution is 6.32. The summed E-state index contributed by atoms with van der Waals surface area (Å²) in [5, 5.41) is 3.18. The van der Waals surface area contributed by atoms with Crippen LogP contribution in [0.2, 0.25) is 5.15 Å². The summed E-state index contributed by atoms with van der Waals surface area (Å²) < 4.78 is 0. The van der Waals surface area contributed by atoms with Gasteiger partial charge >= 0.3 is 0 Å². The molecule has 0 fully saturated rings. The Hall–Kier alpha value is -2.08. The lowest BCUT2D eigenvalue weighted by Crippen LogP contribution is -2.09. The smallest absolute Gasteiger partial charge is 0.223 e. The molecule has 0 bridgehead atoms. The van der Waals surface area contributed by atoms with Crippen LogP contribution < -0.4 is 16.8 Å². The monoisotopic (exact) mass is 354 g/mol. The fourth-order valence-corrected chi connectivity index (χ4v) is 1.64. The molecule has 2 aromatic heterocycles. The van der Waals surface area contributed by atoms with Crippen molar-refractivity contribution in [2.45, 2.75) is 55.0 Å². The highest BCUT2D eigenvalue weighted by Gasteiger charge is 2.08. The lowest BCUT2D eigenvalue weighted by Gasteiger charge is -2.09. The first kappa shape index (κ1) is 24.2. The second kappa shape index (κ2) is 14.5. The normalized spacial score (nSPS) is 8.50. The Morgan fingerprint density at radius 2 is 1.54 bits per heavy atom. The Morgan fingerprint density at radius 1 is 0.958 bits per heavy atom. The zero-order valence-corrected chi connectivity index (χ0v) is 16.6. The summed E-state index contributed by atoms with van der Waals surface area (Å²) in [6.07, 6.45) is 0. The van der Waals surface area contributed by atoms with E-state index in [0.717, 1.165) is 11.4 Å². The Labute approximate surface area is 151 Å². The summed E-state index contributed by atoms with van der Waals surface area (Å²) >= 11 is 5.81. The molecule has 0 unspecified atom stereocenters. The van der Waals surface area contributed by atoms with Crippen LogP contribution in [0.4, 0.5) is 17.5 Å². The largest absolute Gasteiger partial charge is 0.393 e. The molecule has 0 amide bonds. The number of hydrogen-bond acceptors (Lipinski definition) is 6. The maximum absolute atomic E-state index is 5.81. The number of aromatic nitrogens is 3. The third-order valence-corrected chi connectivity index (χ3v) is 2.59. The number of nitrogens with two attached hydrogens (primary N) is 2. The van der Waals surface area contributed by atoms with E-state index >= 15 is 0 Å². The lowest BCUT2D eigenvalue weighted by atomic mass is 10.3. The van der Waals surface area contributed by atoms with Crippen LogP contribution in [-0.2, 0) is 6.54 Å². The van der Waals surface area contributed by atoms with Crippen LogP contribution in [0.25, 0.3) is 0 Å². The summed E-state index contributed by atoms with van der Waals surface area (Å²) in [6, 6.07) is 5.77. The van der Waals surface area contributed by atoms with E-state index in [4.69, 9.17) is 23.1 Å². The Morgan fingerprint density at radius 3 is 2.08 bits per heavy atom. The molecular formula is C17H31ClN6. The molecule has 7 heteroatoms. The molecule has 0 aliphatic carbocycles. The van der Waals surface area contributed by atoms with Crippen LogP contribution in [0.15, 0.2) is 18.2 Å². The average Bonchev–Trinajstić information content (AvgIpc) is 2.62. The molecule has 0 aromatic carbocycles. The van der Waals surface area contributed by atoms with E-state index in [0.29, 0.717) is 12.4 Å². The summed E-state index contributed by atoms with van der Waals surface area (Å²) in [6.45, 7) is 14.4. The van der Waals surface area contributed by atoms with Gasteiger partial charge in [0.2, 0.25) is 5.95 Å². The van der Waals surface area contributed by atoms with Gasteiger partial charge in [-0.1, -0.05) is 59.2 Å². The number of nitrogens with one attached hydrogen (secondary N) is 1. The van der Waals surface area contributed by atoms with Crippen molar-refractivity contribution >= 4 is 29.1 Å². The molecule has 2 aromatic rings. The molecule has 0 saturated carbocycles. The van der Waals surface area contributed by atoms with E-state index in [1.807, 2.05) is 66.7 Å². The maximum atomic E-state index is 5.81. The van der Waals surface area contributed by atoms with Crippen LogP contribution in [0, 0.1) is 6.92 Å². The van der Waals surface area contributed by atoms with Gasteiger partial charge in [0.1, 0.15) is 5.69 Å². The van der Waals surface area contributed by atoms with E-state index in [-0.39, 0.29) is 16.8 Å². The van der Waals surface area contributed by atoms with Crippen LogP contribution >= 0.6 is 11.6 Å². The molecule has 0 atom stereocenters. The minimum Gasteiger partial charge on any atom is -0.393 e. The van der Waals surface area contributed by atoms with Gasteiger partial charge in [0.05, 0.1) is 12.2 Å². The van der Waals surface area contributed by atoms with Gasteiger partial charge in [0.15, 0.2) is 11.0 Å². The standard InChI is InChI=1S/C11H13ClN6.3C2H6/c1-6-3-2-4-7(16-6)5-15-10-8(13)9(12)17-11(14)18-10;3*1-2/h2-4H,5,13H2,1H3,(H3,14,15,17,18);3*1-2H3. The highest BCUT2D eigenvalue weighted by Crippen LogP contribution is 2.24. The molecule has 0 aliphatic heterocycles. The lowest BCUT2D eigenvalue weighted by molar-refractivity contribution is 1.00. The van der Waals surface area contributed by atoms with E-state index < -0.39 is 0 Å². The summed E-state index contributed by atoms with van der Waals surface area (Å²) in [4.78, 5) is 12.1. The first-order valence-corrected chi connectivity index (χ1v) is 8.69. The molecule has 0 saturated heterocycles. The summed E-state index contributed by atoms with van der Waals surface area (Å²) in [5.74, 6) is 0.490. The van der Waals surface area contributed by atoms with Crippen molar-refractivity contribution in [1.29, 1.82) is 0 Å². The molecule has 2 rings (SSSR count). The number of rotatable bonds is 3. The van der Waals surface area contributed by atoms with Crippen molar-refractivity contribution in [3.05, 3.63) is 34.7 Å². The maximum Gasteiger partial charge on any atom is 0.223 e. The molecule has 0 aliphatic rings. The number of anilines is 3. The van der Waals surface area contributed by atoms with Crippen molar-refractivity contribution in [3.63, 3.8) is 0 Å². The quantitative estimate of drug-likeness (QED) is 0.691. The SMILES string of the molecule is CC.CC.CC.Cc1cccc(CNc2nc(N)nc(Cl)c2N)n1. The predicted molar refractivity (Wildman–Crippen MR) is 106 cm³/mol. The second-order valence-electron chi connectivity index (χ2n) is 3.76.